The molecule has 3 aromatic rings. The second kappa shape index (κ2) is 9.00. The van der Waals surface area contributed by atoms with Crippen molar-refractivity contribution in [1.82, 2.24) is 14.5 Å². The summed E-state index contributed by atoms with van der Waals surface area (Å²) in [5.41, 5.74) is 3.56. The monoisotopic (exact) mass is 469 g/mol. The van der Waals surface area contributed by atoms with Crippen LogP contribution in [0.15, 0.2) is 34.2 Å². The number of fused-ring (bicyclic) bond motifs is 3. The Bertz CT molecular complexity index is 1210. The Morgan fingerprint density at radius 3 is 2.84 bits per heavy atom. The van der Waals surface area contributed by atoms with E-state index in [1.165, 1.54) is 11.1 Å². The molecule has 1 fully saturated rings. The van der Waals surface area contributed by atoms with Crippen molar-refractivity contribution in [2.75, 3.05) is 13.2 Å². The van der Waals surface area contributed by atoms with E-state index >= 15 is 0 Å². The van der Waals surface area contributed by atoms with Gasteiger partial charge in [0.1, 0.15) is 4.83 Å². The number of hydrogen-bond acceptors (Lipinski definition) is 6. The van der Waals surface area contributed by atoms with E-state index in [2.05, 4.69) is 31.2 Å². The number of amides is 1. The van der Waals surface area contributed by atoms with Gasteiger partial charge in [-0.25, -0.2) is 4.98 Å². The first-order valence-electron chi connectivity index (χ1n) is 11.1. The molecule has 1 saturated heterocycles. The Morgan fingerprint density at radius 2 is 2.12 bits per heavy atom. The Kier molecular flexibility index (Phi) is 6.09. The lowest BCUT2D eigenvalue weighted by molar-refractivity contribution is -0.129. The van der Waals surface area contributed by atoms with Gasteiger partial charge in [0, 0.05) is 30.7 Å². The highest BCUT2D eigenvalue weighted by atomic mass is 32.2. The molecule has 0 spiro atoms. The van der Waals surface area contributed by atoms with Gasteiger partial charge in [0.25, 0.3) is 5.56 Å². The number of carbonyl (C=O) groups excluding carboxylic acids is 1. The summed E-state index contributed by atoms with van der Waals surface area (Å²) in [5.74, 6) is 0.832. The minimum absolute atomic E-state index is 0.0330. The third-order valence-corrected chi connectivity index (χ3v) is 8.43. The maximum Gasteiger partial charge on any atom is 0.263 e. The van der Waals surface area contributed by atoms with Crippen LogP contribution in [0.1, 0.15) is 41.3 Å². The van der Waals surface area contributed by atoms with E-state index in [1.807, 2.05) is 9.47 Å². The van der Waals surface area contributed by atoms with E-state index in [1.54, 1.807) is 30.0 Å². The molecule has 0 N–H and O–H groups in total. The maximum absolute atomic E-state index is 13.7. The van der Waals surface area contributed by atoms with Crippen LogP contribution < -0.4 is 5.56 Å². The second-order valence-corrected chi connectivity index (χ2v) is 10.6. The predicted molar refractivity (Wildman–Crippen MR) is 128 cm³/mol. The van der Waals surface area contributed by atoms with E-state index in [9.17, 15) is 9.59 Å². The van der Waals surface area contributed by atoms with Crippen molar-refractivity contribution >= 4 is 39.2 Å². The van der Waals surface area contributed by atoms with Crippen LogP contribution in [-0.4, -0.2) is 39.6 Å². The van der Waals surface area contributed by atoms with Gasteiger partial charge in [-0.2, -0.15) is 0 Å². The Morgan fingerprint density at radius 1 is 1.31 bits per heavy atom. The highest BCUT2D eigenvalue weighted by molar-refractivity contribution is 7.98. The fraction of sp³-hybridized carbons (Fsp3) is 0.458. The SMILES string of the molecule is CC(=O)N1CCc2c(sc3nc(SCc4ccc(C)cc4)n(CC4CCCO4)c(=O)c23)C1. The first-order valence-corrected chi connectivity index (χ1v) is 12.9. The number of hydrogen-bond donors (Lipinski definition) is 0. The summed E-state index contributed by atoms with van der Waals surface area (Å²) >= 11 is 3.17. The molecule has 0 saturated carbocycles. The van der Waals surface area contributed by atoms with Gasteiger partial charge in [0.2, 0.25) is 5.91 Å². The Balaban J connectivity index is 1.53. The van der Waals surface area contributed by atoms with Crippen LogP contribution in [0.5, 0.6) is 0 Å². The molecule has 2 aliphatic heterocycles. The average molecular weight is 470 g/mol. The number of ether oxygens (including phenoxy) is 1. The number of aromatic nitrogens is 2. The van der Waals surface area contributed by atoms with Gasteiger partial charge in [-0.3, -0.25) is 14.2 Å². The molecule has 5 rings (SSSR count). The first-order chi connectivity index (χ1) is 15.5. The van der Waals surface area contributed by atoms with Crippen LogP contribution in [-0.2, 0) is 34.8 Å². The standard InChI is InChI=1S/C24H27N3O3S2/c1-15-5-7-17(8-6-15)14-31-24-25-22-21(23(29)27(24)12-18-4-3-11-30-18)19-9-10-26(16(2)28)13-20(19)32-22/h5-8,18H,3-4,9-14H2,1-2H3. The molecule has 32 heavy (non-hydrogen) atoms. The van der Waals surface area contributed by atoms with Gasteiger partial charge >= 0.3 is 0 Å². The fourth-order valence-electron chi connectivity index (χ4n) is 4.42. The average Bonchev–Trinajstić information content (AvgIpc) is 3.42. The van der Waals surface area contributed by atoms with E-state index < -0.39 is 0 Å². The lowest BCUT2D eigenvalue weighted by Crippen LogP contribution is -2.34. The fourth-order valence-corrected chi connectivity index (χ4v) is 6.66. The number of carbonyl (C=O) groups is 1. The largest absolute Gasteiger partial charge is 0.376 e. The number of thioether (sulfide) groups is 1. The van der Waals surface area contributed by atoms with Crippen LogP contribution in [0.2, 0.25) is 0 Å². The van der Waals surface area contributed by atoms with E-state index in [-0.39, 0.29) is 17.6 Å². The van der Waals surface area contributed by atoms with Crippen LogP contribution >= 0.6 is 23.1 Å². The summed E-state index contributed by atoms with van der Waals surface area (Å²) < 4.78 is 7.69. The van der Waals surface area contributed by atoms with Crippen molar-refractivity contribution in [2.45, 2.75) is 63.2 Å². The lowest BCUT2D eigenvalue weighted by atomic mass is 10.1. The molecule has 1 atom stereocenters. The number of nitrogens with zero attached hydrogens (tertiary/aromatic N) is 3. The predicted octanol–water partition coefficient (Wildman–Crippen LogP) is 4.14. The molecule has 168 valence electrons. The quantitative estimate of drug-likeness (QED) is 0.415. The number of thiophene rings is 1. The molecule has 1 aromatic carbocycles. The van der Waals surface area contributed by atoms with Crippen molar-refractivity contribution in [1.29, 1.82) is 0 Å². The molecule has 6 nitrogen and oxygen atoms in total. The van der Waals surface area contributed by atoms with E-state index in [4.69, 9.17) is 9.72 Å². The van der Waals surface area contributed by atoms with Gasteiger partial charge in [-0.15, -0.1) is 11.3 Å². The van der Waals surface area contributed by atoms with Gasteiger partial charge in [-0.1, -0.05) is 41.6 Å². The van der Waals surface area contributed by atoms with Crippen molar-refractivity contribution in [3.63, 3.8) is 0 Å². The summed E-state index contributed by atoms with van der Waals surface area (Å²) in [6.45, 7) is 6.21. The zero-order valence-electron chi connectivity index (χ0n) is 18.4. The van der Waals surface area contributed by atoms with Crippen molar-refractivity contribution in [2.24, 2.45) is 0 Å². The second-order valence-electron chi connectivity index (χ2n) is 8.59. The molecule has 1 unspecified atom stereocenters. The highest BCUT2D eigenvalue weighted by Gasteiger charge is 2.27. The molecule has 2 aromatic heterocycles. The van der Waals surface area contributed by atoms with Crippen molar-refractivity contribution in [3.05, 3.63) is 56.2 Å². The summed E-state index contributed by atoms with van der Waals surface area (Å²) in [5, 5.41) is 1.49. The summed E-state index contributed by atoms with van der Waals surface area (Å²) in [6, 6.07) is 8.48. The molecule has 0 radical (unpaired) electrons. The Labute approximate surface area is 195 Å². The first kappa shape index (κ1) is 21.7. The molecule has 0 aliphatic carbocycles. The summed E-state index contributed by atoms with van der Waals surface area (Å²) in [4.78, 5) is 34.3. The maximum atomic E-state index is 13.7. The van der Waals surface area contributed by atoms with Gasteiger partial charge in [0.15, 0.2) is 5.16 Å². The van der Waals surface area contributed by atoms with Crippen LogP contribution in [0.3, 0.4) is 0 Å². The topological polar surface area (TPSA) is 64.4 Å². The molecule has 8 heteroatoms. The van der Waals surface area contributed by atoms with Gasteiger partial charge in [-0.05, 0) is 37.3 Å². The van der Waals surface area contributed by atoms with E-state index in [0.717, 1.165) is 51.0 Å². The highest BCUT2D eigenvalue weighted by Crippen LogP contribution is 2.34. The number of rotatable bonds is 5. The molecule has 1 amide bonds. The zero-order chi connectivity index (χ0) is 22.2. The molecule has 2 aliphatic rings. The zero-order valence-corrected chi connectivity index (χ0v) is 20.1. The minimum atomic E-state index is 0.0330. The molecule has 4 heterocycles. The smallest absolute Gasteiger partial charge is 0.263 e. The normalized spacial score (nSPS) is 18.3. The van der Waals surface area contributed by atoms with Gasteiger partial charge in [0.05, 0.1) is 24.6 Å². The molecule has 0 bridgehead atoms. The number of benzene rings is 1. The van der Waals surface area contributed by atoms with E-state index in [0.29, 0.717) is 26.1 Å². The molecular formula is C24H27N3O3S2. The van der Waals surface area contributed by atoms with Crippen LogP contribution in [0.4, 0.5) is 0 Å². The number of aryl methyl sites for hydroxylation is 1. The third-order valence-electron chi connectivity index (χ3n) is 6.27. The summed E-state index contributed by atoms with van der Waals surface area (Å²) in [7, 11) is 0. The lowest BCUT2D eigenvalue weighted by Gasteiger charge is -2.25. The Hall–Kier alpha value is -2.16. The van der Waals surface area contributed by atoms with Crippen LogP contribution in [0.25, 0.3) is 10.2 Å². The third kappa shape index (κ3) is 4.23. The van der Waals surface area contributed by atoms with Gasteiger partial charge < -0.3 is 9.64 Å². The minimum Gasteiger partial charge on any atom is -0.376 e. The van der Waals surface area contributed by atoms with Crippen molar-refractivity contribution in [3.8, 4) is 0 Å². The van der Waals surface area contributed by atoms with Crippen LogP contribution in [0, 0.1) is 6.92 Å². The van der Waals surface area contributed by atoms with Crippen molar-refractivity contribution < 1.29 is 9.53 Å². The summed E-state index contributed by atoms with van der Waals surface area (Å²) in [6.07, 6.45) is 2.78. The molecular weight excluding hydrogens is 442 g/mol.